The molecule has 0 amide bonds. The van der Waals surface area contributed by atoms with Crippen LogP contribution in [0.15, 0.2) is 12.3 Å². The molecular weight excluding hydrogens is 228 g/mol. The molecule has 2 rings (SSSR count). The summed E-state index contributed by atoms with van der Waals surface area (Å²) in [6, 6.07) is 1.79. The summed E-state index contributed by atoms with van der Waals surface area (Å²) in [6.45, 7) is 1.67. The molecule has 0 bridgehead atoms. The van der Waals surface area contributed by atoms with Crippen LogP contribution in [0.3, 0.4) is 0 Å². The van der Waals surface area contributed by atoms with E-state index in [9.17, 15) is 4.79 Å². The molecule has 2 heterocycles. The summed E-state index contributed by atoms with van der Waals surface area (Å²) in [7, 11) is 1.79. The molecule has 0 aliphatic heterocycles. The Hall–Kier alpha value is -1.89. The van der Waals surface area contributed by atoms with Crippen LogP contribution in [-0.4, -0.2) is 25.8 Å². The second-order valence-electron chi connectivity index (χ2n) is 3.20. The monoisotopic (exact) mass is 238 g/mol. The summed E-state index contributed by atoms with van der Waals surface area (Å²) in [5.41, 5.74) is 0.516. The van der Waals surface area contributed by atoms with E-state index in [1.54, 1.807) is 30.9 Å². The van der Waals surface area contributed by atoms with E-state index in [4.69, 9.17) is 5.11 Å². The van der Waals surface area contributed by atoms with Crippen LogP contribution in [0.1, 0.15) is 15.4 Å². The zero-order valence-corrected chi connectivity index (χ0v) is 9.58. The highest BCUT2D eigenvalue weighted by molar-refractivity contribution is 7.17. The predicted octanol–water partition coefficient (Wildman–Crippen LogP) is 1.63. The normalized spacial score (nSPS) is 10.4. The van der Waals surface area contributed by atoms with E-state index in [0.29, 0.717) is 10.8 Å². The first-order valence-corrected chi connectivity index (χ1v) is 5.35. The molecule has 2 N–H and O–H groups in total. The smallest absolute Gasteiger partial charge is 0.347 e. The second kappa shape index (κ2) is 3.93. The molecule has 0 saturated carbocycles. The van der Waals surface area contributed by atoms with Gasteiger partial charge in [0.25, 0.3) is 0 Å². The minimum Gasteiger partial charge on any atom is -0.477 e. The molecular formula is C9H10N4O2S. The van der Waals surface area contributed by atoms with Crippen molar-refractivity contribution in [3.05, 3.63) is 22.8 Å². The lowest BCUT2D eigenvalue weighted by Gasteiger charge is -2.00. The van der Waals surface area contributed by atoms with Crippen LogP contribution in [-0.2, 0) is 7.05 Å². The number of hydrogen-bond acceptors (Lipinski definition) is 5. The van der Waals surface area contributed by atoms with Gasteiger partial charge >= 0.3 is 5.97 Å². The number of hydrogen-bond donors (Lipinski definition) is 2. The minimum atomic E-state index is -0.951. The Morgan fingerprint density at radius 1 is 1.62 bits per heavy atom. The molecule has 0 saturated heterocycles. The van der Waals surface area contributed by atoms with Crippen molar-refractivity contribution in [2.45, 2.75) is 6.92 Å². The summed E-state index contributed by atoms with van der Waals surface area (Å²) in [5.74, 6) is -0.182. The van der Waals surface area contributed by atoms with Crippen molar-refractivity contribution in [1.82, 2.24) is 14.8 Å². The standard InChI is InChI=1S/C9H10N4O2S/c1-5-7(8(14)15)16-9(11-5)12-6-3-4-10-13(6)2/h3-4H,1-2H3,(H,11,12)(H,14,15). The van der Waals surface area contributed by atoms with E-state index in [1.165, 1.54) is 0 Å². The number of carboxylic acid groups (broad SMARTS) is 1. The van der Waals surface area contributed by atoms with Gasteiger partial charge in [0, 0.05) is 13.1 Å². The number of aryl methyl sites for hydroxylation is 2. The van der Waals surface area contributed by atoms with Gasteiger partial charge in [0.15, 0.2) is 5.13 Å². The highest BCUT2D eigenvalue weighted by Crippen LogP contribution is 2.25. The van der Waals surface area contributed by atoms with Crippen LogP contribution in [0.5, 0.6) is 0 Å². The molecule has 7 heteroatoms. The summed E-state index contributed by atoms with van der Waals surface area (Å²) in [5, 5.41) is 16.4. The lowest BCUT2D eigenvalue weighted by atomic mass is 10.4. The van der Waals surface area contributed by atoms with E-state index >= 15 is 0 Å². The van der Waals surface area contributed by atoms with Crippen molar-refractivity contribution in [2.75, 3.05) is 5.32 Å². The summed E-state index contributed by atoms with van der Waals surface area (Å²) >= 11 is 1.11. The summed E-state index contributed by atoms with van der Waals surface area (Å²) < 4.78 is 1.65. The van der Waals surface area contributed by atoms with Crippen LogP contribution >= 0.6 is 11.3 Å². The van der Waals surface area contributed by atoms with Crippen LogP contribution in [0, 0.1) is 6.92 Å². The topological polar surface area (TPSA) is 80.0 Å². The maximum atomic E-state index is 10.8. The van der Waals surface area contributed by atoms with Gasteiger partial charge in [0.05, 0.1) is 11.9 Å². The van der Waals surface area contributed by atoms with Gasteiger partial charge in [-0.05, 0) is 6.92 Å². The van der Waals surface area contributed by atoms with Crippen molar-refractivity contribution >= 4 is 28.3 Å². The van der Waals surface area contributed by atoms with Crippen LogP contribution in [0.25, 0.3) is 0 Å². The molecule has 0 aliphatic rings. The van der Waals surface area contributed by atoms with Gasteiger partial charge in [-0.3, -0.25) is 4.68 Å². The number of anilines is 2. The molecule has 0 unspecified atom stereocenters. The molecule has 6 nitrogen and oxygen atoms in total. The maximum Gasteiger partial charge on any atom is 0.347 e. The van der Waals surface area contributed by atoms with Crippen molar-refractivity contribution in [2.24, 2.45) is 7.05 Å². The largest absolute Gasteiger partial charge is 0.477 e. The fourth-order valence-electron chi connectivity index (χ4n) is 1.25. The zero-order chi connectivity index (χ0) is 11.7. The van der Waals surface area contributed by atoms with E-state index in [2.05, 4.69) is 15.4 Å². The highest BCUT2D eigenvalue weighted by atomic mass is 32.1. The number of aromatic nitrogens is 3. The first-order chi connectivity index (χ1) is 7.58. The third-order valence-electron chi connectivity index (χ3n) is 2.05. The van der Waals surface area contributed by atoms with E-state index in [0.717, 1.165) is 17.2 Å². The average Bonchev–Trinajstić information content (AvgIpc) is 2.75. The Morgan fingerprint density at radius 2 is 2.38 bits per heavy atom. The van der Waals surface area contributed by atoms with Crippen molar-refractivity contribution in [1.29, 1.82) is 0 Å². The van der Waals surface area contributed by atoms with Gasteiger partial charge in [-0.2, -0.15) is 5.10 Å². The molecule has 0 aromatic carbocycles. The highest BCUT2D eigenvalue weighted by Gasteiger charge is 2.14. The van der Waals surface area contributed by atoms with Crippen molar-refractivity contribution in [3.8, 4) is 0 Å². The van der Waals surface area contributed by atoms with Crippen molar-refractivity contribution < 1.29 is 9.90 Å². The molecule has 0 atom stereocenters. The molecule has 2 aromatic rings. The summed E-state index contributed by atoms with van der Waals surface area (Å²) in [4.78, 5) is 15.2. The Morgan fingerprint density at radius 3 is 2.88 bits per heavy atom. The molecule has 84 valence electrons. The number of aromatic carboxylic acids is 1. The molecule has 0 fully saturated rings. The SMILES string of the molecule is Cc1nc(Nc2ccnn2C)sc1C(=O)O. The number of thiazole rings is 1. The van der Waals surface area contributed by atoms with Gasteiger partial charge in [-0.25, -0.2) is 9.78 Å². The Kier molecular flexibility index (Phi) is 2.61. The molecule has 2 aromatic heterocycles. The number of nitrogens with one attached hydrogen (secondary N) is 1. The second-order valence-corrected chi connectivity index (χ2v) is 4.20. The average molecular weight is 238 g/mol. The van der Waals surface area contributed by atoms with Crippen LogP contribution in [0.2, 0.25) is 0 Å². The Labute approximate surface area is 95.6 Å². The fourth-order valence-corrected chi connectivity index (χ4v) is 2.07. The minimum absolute atomic E-state index is 0.254. The zero-order valence-electron chi connectivity index (χ0n) is 8.76. The Bertz CT molecular complexity index is 531. The number of carboxylic acids is 1. The van der Waals surface area contributed by atoms with E-state index < -0.39 is 5.97 Å². The first kappa shape index (κ1) is 10.6. The molecule has 0 aliphatic carbocycles. The van der Waals surface area contributed by atoms with Gasteiger partial charge in [0.1, 0.15) is 10.7 Å². The van der Waals surface area contributed by atoms with Gasteiger partial charge in [-0.1, -0.05) is 11.3 Å². The van der Waals surface area contributed by atoms with Gasteiger partial charge < -0.3 is 10.4 Å². The molecule has 0 radical (unpaired) electrons. The number of nitrogens with zero attached hydrogens (tertiary/aromatic N) is 3. The lowest BCUT2D eigenvalue weighted by Crippen LogP contribution is -1.98. The fraction of sp³-hybridized carbons (Fsp3) is 0.222. The number of rotatable bonds is 3. The van der Waals surface area contributed by atoms with Crippen LogP contribution in [0.4, 0.5) is 10.9 Å². The van der Waals surface area contributed by atoms with Gasteiger partial charge in [0.2, 0.25) is 0 Å². The van der Waals surface area contributed by atoms with Crippen LogP contribution < -0.4 is 5.32 Å². The third-order valence-corrected chi connectivity index (χ3v) is 3.11. The summed E-state index contributed by atoms with van der Waals surface area (Å²) in [6.07, 6.45) is 1.65. The molecule has 0 spiro atoms. The maximum absolute atomic E-state index is 10.8. The van der Waals surface area contributed by atoms with E-state index in [1.807, 2.05) is 0 Å². The predicted molar refractivity (Wildman–Crippen MR) is 60.3 cm³/mol. The lowest BCUT2D eigenvalue weighted by molar-refractivity contribution is 0.0701. The first-order valence-electron chi connectivity index (χ1n) is 4.53. The van der Waals surface area contributed by atoms with E-state index in [-0.39, 0.29) is 4.88 Å². The Balaban J connectivity index is 2.26. The molecule has 16 heavy (non-hydrogen) atoms. The number of carbonyl (C=O) groups is 1. The quantitative estimate of drug-likeness (QED) is 0.849. The van der Waals surface area contributed by atoms with Crippen molar-refractivity contribution in [3.63, 3.8) is 0 Å². The van der Waals surface area contributed by atoms with Gasteiger partial charge in [-0.15, -0.1) is 0 Å². The third kappa shape index (κ3) is 1.89.